The first-order chi connectivity index (χ1) is 8.27. The fourth-order valence-electron chi connectivity index (χ4n) is 2.67. The summed E-state index contributed by atoms with van der Waals surface area (Å²) in [4.78, 5) is 6.41. The van der Waals surface area contributed by atoms with Gasteiger partial charge in [0.1, 0.15) is 0 Å². The third kappa shape index (κ3) is 1.65. The van der Waals surface area contributed by atoms with Crippen LogP contribution in [0.25, 0.3) is 11.4 Å². The van der Waals surface area contributed by atoms with E-state index in [1.54, 1.807) is 0 Å². The fourth-order valence-corrected chi connectivity index (χ4v) is 2.67. The maximum Gasteiger partial charge on any atom is 0.214 e. The zero-order valence-electron chi connectivity index (χ0n) is 10.1. The van der Waals surface area contributed by atoms with Crippen LogP contribution < -0.4 is 0 Å². The Bertz CT molecular complexity index is 519. The average molecular weight is 229 g/mol. The van der Waals surface area contributed by atoms with Crippen LogP contribution in [0.4, 0.5) is 0 Å². The summed E-state index contributed by atoms with van der Waals surface area (Å²) in [6, 6.07) is 6.86. The molecule has 0 amide bonds. The van der Waals surface area contributed by atoms with Gasteiger partial charge in [0, 0.05) is 11.6 Å². The molecule has 1 aliphatic rings. The van der Waals surface area contributed by atoms with Crippen molar-refractivity contribution < 1.29 is 4.52 Å². The predicted octanol–water partition coefficient (Wildman–Crippen LogP) is 2.29. The van der Waals surface area contributed by atoms with Gasteiger partial charge in [-0.3, -0.25) is 0 Å². The van der Waals surface area contributed by atoms with Gasteiger partial charge in [-0.15, -0.1) is 0 Å². The molecule has 0 aliphatic heterocycles. The number of hydrogen-bond acceptors (Lipinski definition) is 4. The topological polar surface area (TPSA) is 42.2 Å². The number of benzene rings is 1. The van der Waals surface area contributed by atoms with E-state index in [9.17, 15) is 0 Å². The molecule has 0 saturated heterocycles. The highest BCUT2D eigenvalue weighted by Crippen LogP contribution is 2.38. The minimum atomic E-state index is 0.511. The lowest BCUT2D eigenvalue weighted by molar-refractivity contribution is 0.299. The zero-order valence-corrected chi connectivity index (χ0v) is 10.1. The molecule has 1 aliphatic carbocycles. The number of fused-ring (bicyclic) bond motifs is 1. The minimum absolute atomic E-state index is 0.511. The molecule has 1 unspecified atom stereocenters. The third-order valence-corrected chi connectivity index (χ3v) is 3.46. The molecule has 17 heavy (non-hydrogen) atoms. The number of aromatic nitrogens is 2. The molecular weight excluding hydrogens is 214 g/mol. The van der Waals surface area contributed by atoms with Crippen molar-refractivity contribution in [2.75, 3.05) is 14.1 Å². The van der Waals surface area contributed by atoms with Gasteiger partial charge in [-0.2, -0.15) is 4.98 Å². The number of nitrogens with zero attached hydrogens (tertiary/aromatic N) is 3. The van der Waals surface area contributed by atoms with Crippen LogP contribution >= 0.6 is 0 Å². The Morgan fingerprint density at radius 3 is 2.94 bits per heavy atom. The lowest BCUT2D eigenvalue weighted by atomic mass is 10.0. The molecule has 4 nitrogen and oxygen atoms in total. The fraction of sp³-hybridized carbons (Fsp3) is 0.385. The Kier molecular flexibility index (Phi) is 2.44. The molecule has 0 bridgehead atoms. The first-order valence-corrected chi connectivity index (χ1v) is 5.82. The van der Waals surface area contributed by atoms with Gasteiger partial charge in [-0.05, 0) is 38.1 Å². The molecule has 1 aromatic heterocycles. The van der Waals surface area contributed by atoms with E-state index in [0.29, 0.717) is 11.9 Å². The van der Waals surface area contributed by atoms with Crippen molar-refractivity contribution in [2.45, 2.75) is 18.9 Å². The van der Waals surface area contributed by atoms with Gasteiger partial charge in [0.25, 0.3) is 0 Å². The van der Waals surface area contributed by atoms with Gasteiger partial charge in [-0.25, -0.2) is 0 Å². The number of rotatable bonds is 2. The molecule has 0 radical (unpaired) electrons. The highest BCUT2D eigenvalue weighted by atomic mass is 16.5. The van der Waals surface area contributed by atoms with Crippen molar-refractivity contribution in [2.24, 2.45) is 0 Å². The maximum absolute atomic E-state index is 4.83. The van der Waals surface area contributed by atoms with Gasteiger partial charge in [0.05, 0.1) is 0 Å². The first-order valence-electron chi connectivity index (χ1n) is 5.82. The van der Waals surface area contributed by atoms with Crippen LogP contribution in [0.2, 0.25) is 0 Å². The van der Waals surface area contributed by atoms with Gasteiger partial charge < -0.3 is 9.42 Å². The second-order valence-electron chi connectivity index (χ2n) is 4.65. The largest absolute Gasteiger partial charge is 0.342 e. The SMILES string of the molecule is CN(C)C1CCc2c(-c3ncon3)cccc21. The van der Waals surface area contributed by atoms with E-state index in [-0.39, 0.29) is 0 Å². The summed E-state index contributed by atoms with van der Waals surface area (Å²) in [6.45, 7) is 0. The summed E-state index contributed by atoms with van der Waals surface area (Å²) in [5, 5.41) is 3.93. The lowest BCUT2D eigenvalue weighted by Crippen LogP contribution is -2.17. The molecular formula is C13H15N3O. The van der Waals surface area contributed by atoms with Crippen LogP contribution in [-0.4, -0.2) is 29.1 Å². The van der Waals surface area contributed by atoms with E-state index >= 15 is 0 Å². The normalized spacial score (nSPS) is 18.6. The van der Waals surface area contributed by atoms with Gasteiger partial charge in [-0.1, -0.05) is 23.4 Å². The summed E-state index contributed by atoms with van der Waals surface area (Å²) in [6.07, 6.45) is 3.63. The molecule has 0 saturated carbocycles. The summed E-state index contributed by atoms with van der Waals surface area (Å²) in [5.41, 5.74) is 3.88. The first kappa shape index (κ1) is 10.5. The lowest BCUT2D eigenvalue weighted by Gasteiger charge is -2.20. The number of hydrogen-bond donors (Lipinski definition) is 0. The second kappa shape index (κ2) is 3.96. The Balaban J connectivity index is 2.10. The summed E-state index contributed by atoms with van der Waals surface area (Å²) >= 11 is 0. The van der Waals surface area contributed by atoms with Gasteiger partial charge >= 0.3 is 0 Å². The molecule has 0 fully saturated rings. The van der Waals surface area contributed by atoms with Crippen LogP contribution in [0.3, 0.4) is 0 Å². The summed E-state index contributed by atoms with van der Waals surface area (Å²) < 4.78 is 4.83. The highest BCUT2D eigenvalue weighted by molar-refractivity contribution is 5.63. The molecule has 2 aromatic rings. The van der Waals surface area contributed by atoms with Gasteiger partial charge in [0.2, 0.25) is 12.2 Å². The van der Waals surface area contributed by atoms with E-state index in [1.807, 2.05) is 0 Å². The van der Waals surface area contributed by atoms with E-state index in [1.165, 1.54) is 17.5 Å². The van der Waals surface area contributed by atoms with Crippen molar-refractivity contribution in [1.82, 2.24) is 15.0 Å². The Labute approximate surface area is 100 Å². The Hall–Kier alpha value is -1.68. The van der Waals surface area contributed by atoms with Crippen molar-refractivity contribution in [3.05, 3.63) is 35.7 Å². The zero-order chi connectivity index (χ0) is 11.8. The standard InChI is InChI=1S/C13H15N3O/c1-16(2)12-7-6-9-10(12)4-3-5-11(9)13-14-8-17-15-13/h3-5,8,12H,6-7H2,1-2H3. The maximum atomic E-state index is 4.83. The molecule has 1 atom stereocenters. The van der Waals surface area contributed by atoms with E-state index in [4.69, 9.17) is 4.52 Å². The quantitative estimate of drug-likeness (QED) is 0.792. The smallest absolute Gasteiger partial charge is 0.214 e. The van der Waals surface area contributed by atoms with Crippen LogP contribution in [-0.2, 0) is 6.42 Å². The minimum Gasteiger partial charge on any atom is -0.342 e. The van der Waals surface area contributed by atoms with Crippen molar-refractivity contribution in [3.63, 3.8) is 0 Å². The average Bonchev–Trinajstić information content (AvgIpc) is 2.97. The van der Waals surface area contributed by atoms with Crippen LogP contribution in [0, 0.1) is 0 Å². The summed E-state index contributed by atoms with van der Waals surface area (Å²) in [5.74, 6) is 0.696. The van der Waals surface area contributed by atoms with Crippen LogP contribution in [0.15, 0.2) is 29.1 Å². The molecule has 1 aromatic carbocycles. The molecule has 0 spiro atoms. The van der Waals surface area contributed by atoms with Crippen LogP contribution in [0.1, 0.15) is 23.6 Å². The van der Waals surface area contributed by atoms with Crippen molar-refractivity contribution in [1.29, 1.82) is 0 Å². The molecule has 88 valence electrons. The molecule has 3 rings (SSSR count). The molecule has 1 heterocycles. The summed E-state index contributed by atoms with van der Waals surface area (Å²) in [7, 11) is 4.25. The van der Waals surface area contributed by atoms with Gasteiger partial charge in [0.15, 0.2) is 0 Å². The van der Waals surface area contributed by atoms with Crippen molar-refractivity contribution >= 4 is 0 Å². The van der Waals surface area contributed by atoms with E-state index in [2.05, 4.69) is 47.3 Å². The monoisotopic (exact) mass is 229 g/mol. The Morgan fingerprint density at radius 2 is 2.24 bits per heavy atom. The predicted molar refractivity (Wildman–Crippen MR) is 64.5 cm³/mol. The van der Waals surface area contributed by atoms with E-state index in [0.717, 1.165) is 18.4 Å². The highest BCUT2D eigenvalue weighted by Gasteiger charge is 2.27. The molecule has 0 N–H and O–H groups in total. The van der Waals surface area contributed by atoms with E-state index < -0.39 is 0 Å². The third-order valence-electron chi connectivity index (χ3n) is 3.46. The second-order valence-corrected chi connectivity index (χ2v) is 4.65. The Morgan fingerprint density at radius 1 is 1.35 bits per heavy atom. The van der Waals surface area contributed by atoms with Crippen molar-refractivity contribution in [3.8, 4) is 11.4 Å². The molecule has 4 heteroatoms. The van der Waals surface area contributed by atoms with Crippen LogP contribution in [0.5, 0.6) is 0 Å².